The highest BCUT2D eigenvalue weighted by molar-refractivity contribution is 5.86. The third-order valence-corrected chi connectivity index (χ3v) is 4.80. The summed E-state index contributed by atoms with van der Waals surface area (Å²) in [5, 5.41) is 7.43. The molecule has 27 heavy (non-hydrogen) atoms. The van der Waals surface area contributed by atoms with Crippen LogP contribution in [0.1, 0.15) is 30.0 Å². The summed E-state index contributed by atoms with van der Waals surface area (Å²) in [6.07, 6.45) is 3.84. The average molecular weight is 372 g/mol. The molecule has 1 aromatic carbocycles. The monoisotopic (exact) mass is 372 g/mol. The molecule has 2 aromatic rings. The predicted molar refractivity (Wildman–Crippen MR) is 94.4 cm³/mol. The summed E-state index contributed by atoms with van der Waals surface area (Å²) in [6, 6.07) is 5.76. The second-order valence-electron chi connectivity index (χ2n) is 7.07. The Balaban J connectivity index is 1.45. The van der Waals surface area contributed by atoms with Gasteiger partial charge >= 0.3 is 0 Å². The fourth-order valence-electron chi connectivity index (χ4n) is 3.24. The van der Waals surface area contributed by atoms with Crippen LogP contribution in [0, 0.1) is 5.82 Å². The van der Waals surface area contributed by atoms with Gasteiger partial charge < -0.3 is 15.0 Å². The zero-order chi connectivity index (χ0) is 19.0. The Morgan fingerprint density at radius 3 is 2.74 bits per heavy atom. The lowest BCUT2D eigenvalue weighted by molar-refractivity contribution is -0.135. The van der Waals surface area contributed by atoms with Crippen LogP contribution in [0.2, 0.25) is 0 Å². The summed E-state index contributed by atoms with van der Waals surface area (Å²) >= 11 is 0. The van der Waals surface area contributed by atoms with Gasteiger partial charge in [0.15, 0.2) is 6.61 Å². The molecule has 0 unspecified atom stereocenters. The standard InChI is InChI=1S/C19H21FN4O3/c1-23-8-12-9-24(17(25)11-27-15-6-2-13(20)3-7-15)10-16(18(12)22-23)19(26)21-14-4-5-14/h2-3,6-8,14,16H,4-5,9-11H2,1H3,(H,21,26)/t16-/m1/s1. The van der Waals surface area contributed by atoms with Gasteiger partial charge in [-0.1, -0.05) is 0 Å². The van der Waals surface area contributed by atoms with Gasteiger partial charge in [0, 0.05) is 37.9 Å². The summed E-state index contributed by atoms with van der Waals surface area (Å²) in [5.41, 5.74) is 1.61. The summed E-state index contributed by atoms with van der Waals surface area (Å²) in [4.78, 5) is 26.9. The molecule has 0 spiro atoms. The van der Waals surface area contributed by atoms with Crippen molar-refractivity contribution in [3.8, 4) is 5.75 Å². The Morgan fingerprint density at radius 1 is 1.30 bits per heavy atom. The van der Waals surface area contributed by atoms with Crippen LogP contribution < -0.4 is 10.1 Å². The molecular formula is C19H21FN4O3. The van der Waals surface area contributed by atoms with Gasteiger partial charge in [0.2, 0.25) is 5.91 Å². The molecule has 7 nitrogen and oxygen atoms in total. The minimum atomic E-state index is -0.481. The number of halogens is 1. The first-order chi connectivity index (χ1) is 13.0. The van der Waals surface area contributed by atoms with Crippen LogP contribution in [0.4, 0.5) is 4.39 Å². The molecule has 0 radical (unpaired) electrons. The van der Waals surface area contributed by atoms with Crippen molar-refractivity contribution in [2.75, 3.05) is 13.2 Å². The van der Waals surface area contributed by atoms with E-state index >= 15 is 0 Å². The molecule has 142 valence electrons. The molecule has 1 aliphatic heterocycles. The Bertz CT molecular complexity index is 860. The van der Waals surface area contributed by atoms with Gasteiger partial charge in [0.25, 0.3) is 5.91 Å². The predicted octanol–water partition coefficient (Wildman–Crippen LogP) is 1.34. The number of aryl methyl sites for hydroxylation is 1. The second kappa shape index (κ2) is 7.02. The molecule has 4 rings (SSSR count). The number of aromatic nitrogens is 2. The van der Waals surface area contributed by atoms with Crippen molar-refractivity contribution in [1.29, 1.82) is 0 Å². The Hall–Kier alpha value is -2.90. The van der Waals surface area contributed by atoms with Crippen molar-refractivity contribution in [3.05, 3.63) is 47.5 Å². The van der Waals surface area contributed by atoms with Crippen LogP contribution in [0.3, 0.4) is 0 Å². The van der Waals surface area contributed by atoms with Crippen molar-refractivity contribution >= 4 is 11.8 Å². The smallest absolute Gasteiger partial charge is 0.260 e. The number of nitrogens with zero attached hydrogens (tertiary/aromatic N) is 3. The third kappa shape index (κ3) is 3.94. The van der Waals surface area contributed by atoms with Crippen LogP contribution >= 0.6 is 0 Å². The highest BCUT2D eigenvalue weighted by Gasteiger charge is 2.37. The van der Waals surface area contributed by atoms with E-state index in [1.807, 2.05) is 6.20 Å². The van der Waals surface area contributed by atoms with E-state index in [0.717, 1.165) is 24.1 Å². The van der Waals surface area contributed by atoms with Gasteiger partial charge in [-0.3, -0.25) is 14.3 Å². The van der Waals surface area contributed by atoms with Crippen LogP contribution in [-0.2, 0) is 23.2 Å². The quantitative estimate of drug-likeness (QED) is 0.859. The summed E-state index contributed by atoms with van der Waals surface area (Å²) < 4.78 is 20.1. The van der Waals surface area contributed by atoms with Gasteiger partial charge in [-0.2, -0.15) is 5.10 Å². The fraction of sp³-hybridized carbons (Fsp3) is 0.421. The van der Waals surface area contributed by atoms with E-state index in [-0.39, 0.29) is 36.8 Å². The van der Waals surface area contributed by atoms with Crippen LogP contribution in [-0.4, -0.2) is 45.7 Å². The second-order valence-corrected chi connectivity index (χ2v) is 7.07. The highest BCUT2D eigenvalue weighted by Crippen LogP contribution is 2.29. The van der Waals surface area contributed by atoms with Crippen LogP contribution in [0.25, 0.3) is 0 Å². The minimum Gasteiger partial charge on any atom is -0.484 e. The van der Waals surface area contributed by atoms with Crippen molar-refractivity contribution in [3.63, 3.8) is 0 Å². The van der Waals surface area contributed by atoms with Gasteiger partial charge in [-0.05, 0) is 37.1 Å². The number of hydrogen-bond donors (Lipinski definition) is 1. The van der Waals surface area contributed by atoms with Gasteiger partial charge in [-0.25, -0.2) is 4.39 Å². The highest BCUT2D eigenvalue weighted by atomic mass is 19.1. The molecule has 8 heteroatoms. The maximum atomic E-state index is 13.0. The molecule has 0 saturated heterocycles. The normalized spacial score (nSPS) is 18.7. The maximum Gasteiger partial charge on any atom is 0.260 e. The van der Waals surface area contributed by atoms with E-state index in [0.29, 0.717) is 12.3 Å². The van der Waals surface area contributed by atoms with Crippen LogP contribution in [0.5, 0.6) is 5.75 Å². The van der Waals surface area contributed by atoms with Crippen molar-refractivity contribution < 1.29 is 18.7 Å². The Labute approximate surface area is 156 Å². The number of carbonyl (C=O) groups excluding carboxylic acids is 2. The zero-order valence-corrected chi connectivity index (χ0v) is 15.0. The van der Waals surface area contributed by atoms with E-state index in [1.54, 1.807) is 16.6 Å². The molecule has 1 aromatic heterocycles. The number of benzene rings is 1. The fourth-order valence-corrected chi connectivity index (χ4v) is 3.24. The molecule has 2 aliphatic rings. The molecule has 0 bridgehead atoms. The molecule has 1 fully saturated rings. The molecule has 1 saturated carbocycles. The molecule has 2 amide bonds. The van der Waals surface area contributed by atoms with E-state index in [9.17, 15) is 14.0 Å². The van der Waals surface area contributed by atoms with Gasteiger partial charge in [0.1, 0.15) is 11.6 Å². The molecular weight excluding hydrogens is 351 g/mol. The SMILES string of the molecule is Cn1cc2c(n1)[C@H](C(=O)NC1CC1)CN(C(=O)COc1ccc(F)cc1)C2. The number of hydrogen-bond acceptors (Lipinski definition) is 4. The largest absolute Gasteiger partial charge is 0.484 e. The van der Waals surface area contributed by atoms with E-state index < -0.39 is 5.92 Å². The lowest BCUT2D eigenvalue weighted by Crippen LogP contribution is -2.45. The van der Waals surface area contributed by atoms with E-state index in [4.69, 9.17) is 4.74 Å². The van der Waals surface area contributed by atoms with E-state index in [1.165, 1.54) is 24.3 Å². The van der Waals surface area contributed by atoms with E-state index in [2.05, 4.69) is 10.4 Å². The van der Waals surface area contributed by atoms with Crippen LogP contribution in [0.15, 0.2) is 30.5 Å². The number of nitrogens with one attached hydrogen (secondary N) is 1. The average Bonchev–Trinajstić information content (AvgIpc) is 3.37. The summed E-state index contributed by atoms with van der Waals surface area (Å²) in [5.74, 6) is -0.733. The summed E-state index contributed by atoms with van der Waals surface area (Å²) in [6.45, 7) is 0.494. The number of rotatable bonds is 5. The lowest BCUT2D eigenvalue weighted by atomic mass is 9.95. The number of carbonyl (C=O) groups is 2. The maximum absolute atomic E-state index is 13.0. The number of ether oxygens (including phenoxy) is 1. The lowest BCUT2D eigenvalue weighted by Gasteiger charge is -2.31. The molecule has 1 aliphatic carbocycles. The van der Waals surface area contributed by atoms with Gasteiger partial charge in [-0.15, -0.1) is 0 Å². The molecule has 2 heterocycles. The first-order valence-corrected chi connectivity index (χ1v) is 8.98. The number of fused-ring (bicyclic) bond motifs is 1. The first kappa shape index (κ1) is 17.5. The van der Waals surface area contributed by atoms with Crippen molar-refractivity contribution in [2.45, 2.75) is 31.3 Å². The topological polar surface area (TPSA) is 76.5 Å². The zero-order valence-electron chi connectivity index (χ0n) is 15.0. The van der Waals surface area contributed by atoms with Crippen molar-refractivity contribution in [2.24, 2.45) is 7.05 Å². The minimum absolute atomic E-state index is 0.0885. The molecule has 1 atom stereocenters. The number of amides is 2. The first-order valence-electron chi connectivity index (χ1n) is 8.98. The Kier molecular flexibility index (Phi) is 4.55. The summed E-state index contributed by atoms with van der Waals surface area (Å²) in [7, 11) is 1.80. The van der Waals surface area contributed by atoms with Gasteiger partial charge in [0.05, 0.1) is 11.6 Å². The molecule has 1 N–H and O–H groups in total. The van der Waals surface area contributed by atoms with Crippen molar-refractivity contribution in [1.82, 2.24) is 20.0 Å². The third-order valence-electron chi connectivity index (χ3n) is 4.80. The Morgan fingerprint density at radius 2 is 2.04 bits per heavy atom.